The third kappa shape index (κ3) is 4.68. The summed E-state index contributed by atoms with van der Waals surface area (Å²) in [6.45, 7) is 0.0690. The van der Waals surface area contributed by atoms with Crippen LogP contribution in [0.1, 0.15) is 0 Å². The first-order chi connectivity index (χ1) is 8.02. The van der Waals surface area contributed by atoms with Crippen LogP contribution in [0.4, 0.5) is 4.79 Å². The van der Waals surface area contributed by atoms with Crippen molar-refractivity contribution in [2.75, 3.05) is 13.7 Å². The highest BCUT2D eigenvalue weighted by molar-refractivity contribution is 6.34. The standard InChI is InChI=1S/C10H12Cl2N2O3/c1-16-9(14-10(13)15)5-17-8-4-6(11)2-3-7(8)12/h2-4,9H,5H2,1H3,(H3,13,14,15). The van der Waals surface area contributed by atoms with E-state index in [1.54, 1.807) is 18.2 Å². The first-order valence-corrected chi connectivity index (χ1v) is 5.45. The number of nitrogens with one attached hydrogen (secondary N) is 1. The number of methoxy groups -OCH3 is 1. The Morgan fingerprint density at radius 3 is 2.82 bits per heavy atom. The summed E-state index contributed by atoms with van der Waals surface area (Å²) >= 11 is 11.7. The molecule has 7 heteroatoms. The number of halogens is 2. The molecule has 0 aliphatic carbocycles. The minimum absolute atomic E-state index is 0.0690. The highest BCUT2D eigenvalue weighted by atomic mass is 35.5. The summed E-state index contributed by atoms with van der Waals surface area (Å²) in [6, 6.07) is 4.13. The van der Waals surface area contributed by atoms with Gasteiger partial charge < -0.3 is 20.5 Å². The molecule has 1 aromatic rings. The molecule has 1 rings (SSSR count). The Kier molecular flexibility index (Phi) is 5.34. The van der Waals surface area contributed by atoms with E-state index >= 15 is 0 Å². The van der Waals surface area contributed by atoms with Crippen LogP contribution in [0.5, 0.6) is 5.75 Å². The van der Waals surface area contributed by atoms with Gasteiger partial charge in [0.25, 0.3) is 0 Å². The lowest BCUT2D eigenvalue weighted by molar-refractivity contribution is 0.0422. The molecule has 0 bridgehead atoms. The quantitative estimate of drug-likeness (QED) is 0.810. The van der Waals surface area contributed by atoms with Gasteiger partial charge in [-0.05, 0) is 12.1 Å². The van der Waals surface area contributed by atoms with Crippen molar-refractivity contribution in [1.29, 1.82) is 0 Å². The van der Waals surface area contributed by atoms with E-state index in [1.807, 2.05) is 0 Å². The van der Waals surface area contributed by atoms with Crippen LogP contribution in [-0.2, 0) is 4.74 Å². The van der Waals surface area contributed by atoms with Gasteiger partial charge in [-0.2, -0.15) is 0 Å². The highest BCUT2D eigenvalue weighted by Gasteiger charge is 2.11. The monoisotopic (exact) mass is 278 g/mol. The summed E-state index contributed by atoms with van der Waals surface area (Å²) in [5, 5.41) is 3.27. The summed E-state index contributed by atoms with van der Waals surface area (Å²) in [5.74, 6) is 0.410. The summed E-state index contributed by atoms with van der Waals surface area (Å²) < 4.78 is 10.3. The van der Waals surface area contributed by atoms with Crippen molar-refractivity contribution < 1.29 is 14.3 Å². The molecule has 0 aromatic heterocycles. The Morgan fingerprint density at radius 2 is 2.24 bits per heavy atom. The number of carbonyl (C=O) groups is 1. The second kappa shape index (κ2) is 6.54. The molecule has 2 amide bonds. The lowest BCUT2D eigenvalue weighted by Gasteiger charge is -2.17. The Labute approximate surface area is 109 Å². The van der Waals surface area contributed by atoms with Crippen LogP contribution in [-0.4, -0.2) is 26.0 Å². The fourth-order valence-corrected chi connectivity index (χ4v) is 1.41. The van der Waals surface area contributed by atoms with Crippen molar-refractivity contribution in [3.8, 4) is 5.75 Å². The Balaban J connectivity index is 2.59. The molecule has 0 spiro atoms. The largest absolute Gasteiger partial charge is 0.487 e. The minimum Gasteiger partial charge on any atom is -0.487 e. The molecule has 1 unspecified atom stereocenters. The van der Waals surface area contributed by atoms with E-state index in [0.29, 0.717) is 15.8 Å². The van der Waals surface area contributed by atoms with E-state index in [2.05, 4.69) is 5.32 Å². The maximum atomic E-state index is 10.6. The van der Waals surface area contributed by atoms with Gasteiger partial charge in [0.1, 0.15) is 12.4 Å². The van der Waals surface area contributed by atoms with Crippen LogP contribution in [0.25, 0.3) is 0 Å². The zero-order valence-electron chi connectivity index (χ0n) is 9.07. The number of benzene rings is 1. The average molecular weight is 279 g/mol. The van der Waals surface area contributed by atoms with Gasteiger partial charge in [-0.1, -0.05) is 23.2 Å². The molecular formula is C10H12Cl2N2O3. The first-order valence-electron chi connectivity index (χ1n) is 4.69. The van der Waals surface area contributed by atoms with E-state index < -0.39 is 12.3 Å². The second-order valence-corrected chi connectivity index (χ2v) is 3.96. The van der Waals surface area contributed by atoms with Crippen molar-refractivity contribution in [1.82, 2.24) is 5.32 Å². The number of primary amides is 1. The Morgan fingerprint density at radius 1 is 1.53 bits per heavy atom. The minimum atomic E-state index is -0.697. The fraction of sp³-hybridized carbons (Fsp3) is 0.300. The van der Waals surface area contributed by atoms with Gasteiger partial charge in [0.05, 0.1) is 5.02 Å². The molecular weight excluding hydrogens is 267 g/mol. The number of hydrogen-bond donors (Lipinski definition) is 2. The zero-order valence-corrected chi connectivity index (χ0v) is 10.6. The van der Waals surface area contributed by atoms with Gasteiger partial charge in [-0.25, -0.2) is 4.79 Å². The second-order valence-electron chi connectivity index (χ2n) is 3.12. The highest BCUT2D eigenvalue weighted by Crippen LogP contribution is 2.27. The van der Waals surface area contributed by atoms with E-state index in [-0.39, 0.29) is 6.61 Å². The maximum absolute atomic E-state index is 10.6. The van der Waals surface area contributed by atoms with Crippen LogP contribution in [0.15, 0.2) is 18.2 Å². The molecule has 3 N–H and O–H groups in total. The Hall–Kier alpha value is -1.17. The lowest BCUT2D eigenvalue weighted by atomic mass is 10.3. The molecule has 17 heavy (non-hydrogen) atoms. The predicted octanol–water partition coefficient (Wildman–Crippen LogP) is 2.01. The number of urea groups is 1. The van der Waals surface area contributed by atoms with Gasteiger partial charge in [0.2, 0.25) is 0 Å². The van der Waals surface area contributed by atoms with Crippen molar-refractivity contribution >= 4 is 29.2 Å². The van der Waals surface area contributed by atoms with Crippen molar-refractivity contribution in [2.24, 2.45) is 5.73 Å². The fourth-order valence-electron chi connectivity index (χ4n) is 1.08. The molecule has 1 aromatic carbocycles. The topological polar surface area (TPSA) is 73.6 Å². The van der Waals surface area contributed by atoms with Crippen LogP contribution < -0.4 is 15.8 Å². The zero-order chi connectivity index (χ0) is 12.8. The number of carbonyl (C=O) groups excluding carboxylic acids is 1. The lowest BCUT2D eigenvalue weighted by Crippen LogP contribution is -2.43. The van der Waals surface area contributed by atoms with E-state index in [0.717, 1.165) is 0 Å². The number of nitrogens with two attached hydrogens (primary N) is 1. The van der Waals surface area contributed by atoms with Crippen LogP contribution in [0, 0.1) is 0 Å². The van der Waals surface area contributed by atoms with Gasteiger partial charge >= 0.3 is 6.03 Å². The Bertz CT molecular complexity index is 401. The first kappa shape index (κ1) is 13.9. The number of rotatable bonds is 5. The third-order valence-electron chi connectivity index (χ3n) is 1.87. The smallest absolute Gasteiger partial charge is 0.314 e. The van der Waals surface area contributed by atoms with Crippen LogP contribution in [0.2, 0.25) is 10.0 Å². The molecule has 0 saturated heterocycles. The molecule has 0 fully saturated rings. The summed E-state index contributed by atoms with van der Waals surface area (Å²) in [7, 11) is 1.42. The predicted molar refractivity (Wildman–Crippen MR) is 65.5 cm³/mol. The molecule has 0 heterocycles. The van der Waals surface area contributed by atoms with E-state index in [4.69, 9.17) is 38.4 Å². The van der Waals surface area contributed by atoms with E-state index in [9.17, 15) is 4.79 Å². The average Bonchev–Trinajstić information content (AvgIpc) is 2.28. The van der Waals surface area contributed by atoms with Gasteiger partial charge in [-0.15, -0.1) is 0 Å². The molecule has 0 aliphatic rings. The van der Waals surface area contributed by atoms with Gasteiger partial charge in [-0.3, -0.25) is 0 Å². The summed E-state index contributed by atoms with van der Waals surface area (Å²) in [5.41, 5.74) is 4.96. The number of amides is 2. The third-order valence-corrected chi connectivity index (χ3v) is 2.42. The SMILES string of the molecule is COC(COc1cc(Cl)ccc1Cl)NC(N)=O. The normalized spacial score (nSPS) is 11.9. The summed E-state index contributed by atoms with van der Waals surface area (Å²) in [6.07, 6.45) is -0.650. The molecule has 0 radical (unpaired) electrons. The maximum Gasteiger partial charge on any atom is 0.314 e. The van der Waals surface area contributed by atoms with Crippen molar-refractivity contribution in [3.05, 3.63) is 28.2 Å². The van der Waals surface area contributed by atoms with E-state index in [1.165, 1.54) is 7.11 Å². The molecule has 0 saturated carbocycles. The molecule has 94 valence electrons. The molecule has 5 nitrogen and oxygen atoms in total. The van der Waals surface area contributed by atoms with Crippen molar-refractivity contribution in [3.63, 3.8) is 0 Å². The van der Waals surface area contributed by atoms with Crippen LogP contribution in [0.3, 0.4) is 0 Å². The van der Waals surface area contributed by atoms with Crippen LogP contribution >= 0.6 is 23.2 Å². The van der Waals surface area contributed by atoms with Gasteiger partial charge in [0.15, 0.2) is 6.23 Å². The molecule has 0 aliphatic heterocycles. The molecule has 1 atom stereocenters. The van der Waals surface area contributed by atoms with Crippen molar-refractivity contribution in [2.45, 2.75) is 6.23 Å². The number of ether oxygens (including phenoxy) is 2. The number of hydrogen-bond acceptors (Lipinski definition) is 3. The summed E-state index contributed by atoms with van der Waals surface area (Å²) in [4.78, 5) is 10.6. The van der Waals surface area contributed by atoms with Gasteiger partial charge in [0, 0.05) is 18.2 Å².